The number of benzene rings is 2. The number of hydrogen-bond donors (Lipinski definition) is 0. The Balaban J connectivity index is 1.74. The summed E-state index contributed by atoms with van der Waals surface area (Å²) in [6.45, 7) is 7.58. The molecule has 0 aliphatic carbocycles. The maximum absolute atomic E-state index is 4.55. The van der Waals surface area contributed by atoms with Gasteiger partial charge in [-0.25, -0.2) is 4.98 Å². The van der Waals surface area contributed by atoms with Crippen molar-refractivity contribution < 1.29 is 0 Å². The molecule has 2 nitrogen and oxygen atoms in total. The van der Waals surface area contributed by atoms with Crippen LogP contribution in [0.15, 0.2) is 65.4 Å². The van der Waals surface area contributed by atoms with Gasteiger partial charge in [0.25, 0.3) is 0 Å². The summed E-state index contributed by atoms with van der Waals surface area (Å²) in [6, 6.07) is 17.4. The lowest BCUT2D eigenvalue weighted by molar-refractivity contribution is 0.590. The molecule has 1 aromatic heterocycles. The van der Waals surface area contributed by atoms with Gasteiger partial charge < -0.3 is 4.57 Å². The average Bonchev–Trinajstić information content (AvgIpc) is 2.96. The minimum atomic E-state index is 0.193. The molecule has 124 valence electrons. The highest BCUT2D eigenvalue weighted by molar-refractivity contribution is 9.10. The van der Waals surface area contributed by atoms with Gasteiger partial charge in [0.05, 0.1) is 0 Å². The monoisotopic (exact) mass is 382 g/mol. The molecule has 3 aromatic rings. The molecule has 0 spiro atoms. The molecule has 0 saturated carbocycles. The Morgan fingerprint density at radius 3 is 2.17 bits per heavy atom. The van der Waals surface area contributed by atoms with E-state index >= 15 is 0 Å². The Kier molecular flexibility index (Phi) is 4.91. The molecule has 1 heterocycles. The van der Waals surface area contributed by atoms with Gasteiger partial charge in [0.2, 0.25) is 0 Å². The van der Waals surface area contributed by atoms with E-state index in [0.29, 0.717) is 0 Å². The molecule has 0 aliphatic heterocycles. The van der Waals surface area contributed by atoms with Crippen molar-refractivity contribution in [2.75, 3.05) is 0 Å². The summed E-state index contributed by atoms with van der Waals surface area (Å²) in [4.78, 5) is 4.55. The van der Waals surface area contributed by atoms with Crippen molar-refractivity contribution in [3.8, 4) is 0 Å². The number of nitrogens with zero attached hydrogens (tertiary/aromatic N) is 2. The Morgan fingerprint density at radius 2 is 1.54 bits per heavy atom. The largest absolute Gasteiger partial charge is 0.330 e. The second-order valence-electron chi connectivity index (χ2n) is 7.22. The van der Waals surface area contributed by atoms with Crippen LogP contribution in [0.4, 0.5) is 0 Å². The zero-order chi connectivity index (χ0) is 17.2. The molecule has 3 rings (SSSR count). The predicted molar refractivity (Wildman–Crippen MR) is 103 cm³/mol. The summed E-state index contributed by atoms with van der Waals surface area (Å²) in [5.74, 6) is 1.10. The quantitative estimate of drug-likeness (QED) is 0.575. The van der Waals surface area contributed by atoms with E-state index in [1.54, 1.807) is 0 Å². The molecule has 0 bridgehead atoms. The summed E-state index contributed by atoms with van der Waals surface area (Å²) in [5.41, 5.74) is 4.13. The van der Waals surface area contributed by atoms with E-state index in [4.69, 9.17) is 0 Å². The van der Waals surface area contributed by atoms with Gasteiger partial charge in [-0.1, -0.05) is 73.1 Å². The van der Waals surface area contributed by atoms with Gasteiger partial charge in [0.15, 0.2) is 0 Å². The van der Waals surface area contributed by atoms with Gasteiger partial charge in [-0.2, -0.15) is 0 Å². The second-order valence-corrected chi connectivity index (χ2v) is 8.14. The Labute approximate surface area is 152 Å². The third kappa shape index (κ3) is 4.15. The second kappa shape index (κ2) is 6.94. The fourth-order valence-corrected chi connectivity index (χ4v) is 3.01. The summed E-state index contributed by atoms with van der Waals surface area (Å²) in [6.07, 6.45) is 4.80. The fraction of sp³-hybridized carbons (Fsp3) is 0.286. The molecule has 2 aromatic carbocycles. The van der Waals surface area contributed by atoms with E-state index < -0.39 is 0 Å². The lowest BCUT2D eigenvalue weighted by Crippen LogP contribution is -2.11. The van der Waals surface area contributed by atoms with E-state index in [-0.39, 0.29) is 5.41 Å². The molecular weight excluding hydrogens is 360 g/mol. The van der Waals surface area contributed by atoms with Crippen LogP contribution in [0.3, 0.4) is 0 Å². The molecule has 0 atom stereocenters. The van der Waals surface area contributed by atoms with Gasteiger partial charge in [0, 0.05) is 29.8 Å². The van der Waals surface area contributed by atoms with Gasteiger partial charge in [-0.3, -0.25) is 0 Å². The first-order chi connectivity index (χ1) is 11.4. The molecule has 0 fully saturated rings. The van der Waals surface area contributed by atoms with Crippen molar-refractivity contribution in [1.82, 2.24) is 9.55 Å². The summed E-state index contributed by atoms with van der Waals surface area (Å²) >= 11 is 3.48. The van der Waals surface area contributed by atoms with Gasteiger partial charge in [-0.05, 0) is 34.2 Å². The molecule has 0 amide bonds. The third-order valence-corrected chi connectivity index (χ3v) is 4.78. The maximum Gasteiger partial charge on any atom is 0.113 e. The predicted octanol–water partition coefficient (Wildman–Crippen LogP) is 5.58. The van der Waals surface area contributed by atoms with E-state index in [1.165, 1.54) is 16.7 Å². The zero-order valence-electron chi connectivity index (χ0n) is 14.5. The topological polar surface area (TPSA) is 17.8 Å². The van der Waals surface area contributed by atoms with Crippen LogP contribution < -0.4 is 0 Å². The van der Waals surface area contributed by atoms with E-state index in [9.17, 15) is 0 Å². The van der Waals surface area contributed by atoms with Crippen molar-refractivity contribution in [2.45, 2.75) is 39.2 Å². The van der Waals surface area contributed by atoms with Crippen LogP contribution >= 0.6 is 15.9 Å². The molecule has 0 unspecified atom stereocenters. The third-order valence-electron chi connectivity index (χ3n) is 4.25. The Hall–Kier alpha value is -1.87. The number of rotatable bonds is 4. The molecule has 0 aliphatic rings. The molecule has 0 saturated heterocycles. The fourth-order valence-electron chi connectivity index (χ4n) is 2.74. The van der Waals surface area contributed by atoms with Crippen molar-refractivity contribution in [1.29, 1.82) is 0 Å². The molecule has 24 heavy (non-hydrogen) atoms. The normalized spacial score (nSPS) is 11.7. The van der Waals surface area contributed by atoms with Gasteiger partial charge in [0.1, 0.15) is 5.82 Å². The number of imidazole rings is 1. The molecule has 3 heteroatoms. The first kappa shape index (κ1) is 17.0. The van der Waals surface area contributed by atoms with Crippen molar-refractivity contribution >= 4 is 15.9 Å². The maximum atomic E-state index is 4.55. The lowest BCUT2D eigenvalue weighted by atomic mass is 9.86. The van der Waals surface area contributed by atoms with Crippen LogP contribution in [0, 0.1) is 0 Å². The van der Waals surface area contributed by atoms with E-state index in [2.05, 4.69) is 101 Å². The van der Waals surface area contributed by atoms with Crippen molar-refractivity contribution in [2.24, 2.45) is 0 Å². The minimum absolute atomic E-state index is 0.193. The highest BCUT2D eigenvalue weighted by Crippen LogP contribution is 2.23. The molecular formula is C21H23BrN2. The van der Waals surface area contributed by atoms with Crippen LogP contribution in [0.25, 0.3) is 0 Å². The number of hydrogen-bond acceptors (Lipinski definition) is 1. The lowest BCUT2D eigenvalue weighted by Gasteiger charge is -2.19. The van der Waals surface area contributed by atoms with Crippen molar-refractivity contribution in [3.05, 3.63) is 87.9 Å². The first-order valence-electron chi connectivity index (χ1n) is 8.26. The van der Waals surface area contributed by atoms with Crippen LogP contribution in [-0.4, -0.2) is 9.55 Å². The molecule has 0 N–H and O–H groups in total. The highest BCUT2D eigenvalue weighted by atomic mass is 79.9. The number of halogens is 1. The van der Waals surface area contributed by atoms with Crippen LogP contribution in [-0.2, 0) is 18.4 Å². The highest BCUT2D eigenvalue weighted by Gasteiger charge is 2.13. The van der Waals surface area contributed by atoms with Crippen LogP contribution in [0.1, 0.15) is 43.3 Å². The summed E-state index contributed by atoms with van der Waals surface area (Å²) < 4.78 is 3.33. The zero-order valence-corrected chi connectivity index (χ0v) is 16.0. The Morgan fingerprint density at radius 1 is 0.917 bits per heavy atom. The van der Waals surface area contributed by atoms with E-state index in [1.807, 2.05) is 6.20 Å². The molecule has 0 radical (unpaired) electrons. The first-order valence-corrected chi connectivity index (χ1v) is 9.05. The summed E-state index contributed by atoms with van der Waals surface area (Å²) in [5, 5.41) is 0. The Bertz CT molecular complexity index is 793. The minimum Gasteiger partial charge on any atom is -0.330 e. The standard InChI is InChI=1S/C21H23BrN2/c1-21(2,3)18-8-4-16(5-9-18)14-20-23-12-13-24(20)15-17-6-10-19(22)11-7-17/h4-13H,14-15H2,1-3H3. The average molecular weight is 383 g/mol. The smallest absolute Gasteiger partial charge is 0.113 e. The SMILES string of the molecule is CC(C)(C)c1ccc(Cc2nccn2Cc2ccc(Br)cc2)cc1. The number of aromatic nitrogens is 2. The van der Waals surface area contributed by atoms with Gasteiger partial charge in [-0.15, -0.1) is 0 Å². The van der Waals surface area contributed by atoms with Crippen molar-refractivity contribution in [3.63, 3.8) is 0 Å². The van der Waals surface area contributed by atoms with Crippen LogP contribution in [0.2, 0.25) is 0 Å². The summed E-state index contributed by atoms with van der Waals surface area (Å²) in [7, 11) is 0. The van der Waals surface area contributed by atoms with Gasteiger partial charge >= 0.3 is 0 Å². The van der Waals surface area contributed by atoms with Crippen LogP contribution in [0.5, 0.6) is 0 Å². The van der Waals surface area contributed by atoms with E-state index in [0.717, 1.165) is 23.3 Å².